The number of nitrogens with zero attached hydrogens (tertiary/aromatic N) is 1. The summed E-state index contributed by atoms with van der Waals surface area (Å²) in [6, 6.07) is 18.3. The summed E-state index contributed by atoms with van der Waals surface area (Å²) < 4.78 is 5.93. The highest BCUT2D eigenvalue weighted by molar-refractivity contribution is 5.85. The van der Waals surface area contributed by atoms with Crippen molar-refractivity contribution in [3.05, 3.63) is 54.6 Å². The monoisotopic (exact) mass is 374 g/mol. The Morgan fingerprint density at radius 3 is 2.58 bits per heavy atom. The van der Waals surface area contributed by atoms with Gasteiger partial charge in [-0.3, -0.25) is 4.79 Å². The molecule has 1 fully saturated rings. The van der Waals surface area contributed by atoms with Crippen molar-refractivity contribution in [2.24, 2.45) is 0 Å². The molecule has 4 nitrogen and oxygen atoms in total. The molecule has 0 radical (unpaired) electrons. The Morgan fingerprint density at radius 1 is 1.15 bits per heavy atom. The van der Waals surface area contributed by atoms with E-state index in [-0.39, 0.29) is 24.9 Å². The van der Waals surface area contributed by atoms with Crippen molar-refractivity contribution in [1.82, 2.24) is 10.2 Å². The van der Waals surface area contributed by atoms with E-state index in [1.54, 1.807) is 0 Å². The Morgan fingerprint density at radius 2 is 1.88 bits per heavy atom. The van der Waals surface area contributed by atoms with Gasteiger partial charge in [0.1, 0.15) is 5.75 Å². The van der Waals surface area contributed by atoms with E-state index in [1.807, 2.05) is 47.4 Å². The molecule has 2 aromatic rings. The van der Waals surface area contributed by atoms with Crippen molar-refractivity contribution in [2.45, 2.75) is 25.8 Å². The van der Waals surface area contributed by atoms with Crippen LogP contribution in [0.5, 0.6) is 5.75 Å². The average molecular weight is 375 g/mol. The number of ether oxygens (including phenoxy) is 1. The number of hydrogen-bond donors (Lipinski definition) is 1. The molecule has 2 aromatic carbocycles. The van der Waals surface area contributed by atoms with Gasteiger partial charge in [0.2, 0.25) is 0 Å². The highest BCUT2D eigenvalue weighted by Crippen LogP contribution is 2.29. The lowest BCUT2D eigenvalue weighted by Gasteiger charge is -2.28. The summed E-state index contributed by atoms with van der Waals surface area (Å²) in [6.45, 7) is 4.84. The first kappa shape index (κ1) is 20.3. The molecule has 0 aliphatic carbocycles. The highest BCUT2D eigenvalue weighted by Gasteiger charge is 2.26. The first-order valence-electron chi connectivity index (χ1n) is 9.07. The summed E-state index contributed by atoms with van der Waals surface area (Å²) in [5.41, 5.74) is 2.11. The lowest BCUT2D eigenvalue weighted by atomic mass is 10.1. The number of rotatable bonds is 7. The van der Waals surface area contributed by atoms with Gasteiger partial charge in [-0.1, -0.05) is 55.5 Å². The molecule has 1 atom stereocenters. The van der Waals surface area contributed by atoms with Crippen LogP contribution >= 0.6 is 12.4 Å². The van der Waals surface area contributed by atoms with Gasteiger partial charge >= 0.3 is 0 Å². The van der Waals surface area contributed by atoms with Gasteiger partial charge in [-0.25, -0.2) is 0 Å². The van der Waals surface area contributed by atoms with Gasteiger partial charge in [-0.05, 0) is 31.0 Å². The molecule has 3 rings (SSSR count). The first-order chi connectivity index (χ1) is 12.3. The summed E-state index contributed by atoms with van der Waals surface area (Å²) in [5.74, 6) is 0.821. The molecule has 1 N–H and O–H groups in total. The van der Waals surface area contributed by atoms with Crippen molar-refractivity contribution in [3.8, 4) is 16.9 Å². The number of amides is 1. The quantitative estimate of drug-likeness (QED) is 0.802. The van der Waals surface area contributed by atoms with E-state index in [9.17, 15) is 4.79 Å². The zero-order chi connectivity index (χ0) is 17.5. The summed E-state index contributed by atoms with van der Waals surface area (Å²) in [7, 11) is 0. The van der Waals surface area contributed by atoms with Crippen LogP contribution in [0, 0.1) is 0 Å². The second kappa shape index (κ2) is 10.2. The third kappa shape index (κ3) is 4.99. The topological polar surface area (TPSA) is 41.6 Å². The van der Waals surface area contributed by atoms with Crippen molar-refractivity contribution >= 4 is 18.3 Å². The minimum atomic E-state index is 0. The molecule has 1 aliphatic heterocycles. The molecule has 1 unspecified atom stereocenters. The minimum Gasteiger partial charge on any atom is -0.483 e. The normalized spacial score (nSPS) is 16.0. The second-order valence-electron chi connectivity index (χ2n) is 6.38. The van der Waals surface area contributed by atoms with E-state index in [2.05, 4.69) is 24.4 Å². The minimum absolute atomic E-state index is 0. The predicted octanol–water partition coefficient (Wildman–Crippen LogP) is 3.75. The Hall–Kier alpha value is -2.04. The smallest absolute Gasteiger partial charge is 0.260 e. The molecule has 0 aromatic heterocycles. The van der Waals surface area contributed by atoms with Crippen LogP contribution in [-0.2, 0) is 4.79 Å². The van der Waals surface area contributed by atoms with E-state index < -0.39 is 0 Å². The number of carbonyl (C=O) groups is 1. The van der Waals surface area contributed by atoms with Gasteiger partial charge in [0.15, 0.2) is 6.61 Å². The fraction of sp³-hybridized carbons (Fsp3) is 0.381. The Kier molecular flexibility index (Phi) is 7.95. The third-order valence-electron chi connectivity index (χ3n) is 4.58. The van der Waals surface area contributed by atoms with Gasteiger partial charge in [0.05, 0.1) is 0 Å². The number of carbonyl (C=O) groups excluding carboxylic acids is 1. The van der Waals surface area contributed by atoms with Crippen LogP contribution in [0.15, 0.2) is 54.6 Å². The maximum atomic E-state index is 12.7. The molecule has 1 amide bonds. The van der Waals surface area contributed by atoms with Crippen LogP contribution in [0.2, 0.25) is 0 Å². The van der Waals surface area contributed by atoms with Gasteiger partial charge in [-0.15, -0.1) is 12.4 Å². The van der Waals surface area contributed by atoms with Crippen LogP contribution in [0.1, 0.15) is 19.8 Å². The Balaban J connectivity index is 0.00000243. The van der Waals surface area contributed by atoms with Crippen LogP contribution in [0.25, 0.3) is 11.1 Å². The molecular formula is C21H27ClN2O2. The van der Waals surface area contributed by atoms with Gasteiger partial charge in [0.25, 0.3) is 5.91 Å². The van der Waals surface area contributed by atoms with E-state index in [4.69, 9.17) is 4.74 Å². The summed E-state index contributed by atoms with van der Waals surface area (Å²) >= 11 is 0. The van der Waals surface area contributed by atoms with Gasteiger partial charge < -0.3 is 15.0 Å². The zero-order valence-corrected chi connectivity index (χ0v) is 16.0. The Labute approximate surface area is 162 Å². The maximum absolute atomic E-state index is 12.7. The molecule has 5 heteroatoms. The predicted molar refractivity (Wildman–Crippen MR) is 108 cm³/mol. The second-order valence-corrected chi connectivity index (χ2v) is 6.38. The summed E-state index contributed by atoms with van der Waals surface area (Å²) in [6.07, 6.45) is 1.98. The van der Waals surface area contributed by atoms with Crippen LogP contribution in [0.3, 0.4) is 0 Å². The van der Waals surface area contributed by atoms with Crippen LogP contribution in [0.4, 0.5) is 0 Å². The highest BCUT2D eigenvalue weighted by atomic mass is 35.5. The maximum Gasteiger partial charge on any atom is 0.260 e. The third-order valence-corrected chi connectivity index (χ3v) is 4.58. The zero-order valence-electron chi connectivity index (χ0n) is 15.2. The molecule has 0 saturated carbocycles. The van der Waals surface area contributed by atoms with E-state index >= 15 is 0 Å². The number of benzene rings is 2. The molecule has 140 valence electrons. The van der Waals surface area contributed by atoms with Crippen LogP contribution in [-0.4, -0.2) is 43.1 Å². The number of nitrogens with one attached hydrogen (secondary N) is 1. The number of halogens is 1. The molecule has 1 aliphatic rings. The molecule has 26 heavy (non-hydrogen) atoms. The van der Waals surface area contributed by atoms with Gasteiger partial charge in [-0.2, -0.15) is 0 Å². The number of para-hydroxylation sites is 1. The van der Waals surface area contributed by atoms with Crippen molar-refractivity contribution < 1.29 is 9.53 Å². The average Bonchev–Trinajstić information content (AvgIpc) is 3.19. The van der Waals surface area contributed by atoms with Crippen molar-refractivity contribution in [3.63, 3.8) is 0 Å². The fourth-order valence-electron chi connectivity index (χ4n) is 3.33. The lowest BCUT2D eigenvalue weighted by Crippen LogP contribution is -2.44. The van der Waals surface area contributed by atoms with Crippen molar-refractivity contribution in [2.75, 3.05) is 26.2 Å². The molecule has 1 saturated heterocycles. The van der Waals surface area contributed by atoms with E-state index in [0.29, 0.717) is 6.04 Å². The lowest BCUT2D eigenvalue weighted by molar-refractivity contribution is -0.135. The number of hydrogen-bond acceptors (Lipinski definition) is 3. The van der Waals surface area contributed by atoms with E-state index in [1.165, 1.54) is 0 Å². The standard InChI is InChI=1S/C21H26N2O2.ClH/c1-2-14-23(18-12-13-22-15-18)21(24)16-25-20-11-7-6-10-19(20)17-8-4-3-5-9-17;/h3-11,18,22H,2,12-16H2,1H3;1H. The molecule has 0 bridgehead atoms. The molecule has 1 heterocycles. The largest absolute Gasteiger partial charge is 0.483 e. The van der Waals surface area contributed by atoms with E-state index in [0.717, 1.165) is 49.4 Å². The van der Waals surface area contributed by atoms with Crippen LogP contribution < -0.4 is 10.1 Å². The first-order valence-corrected chi connectivity index (χ1v) is 9.07. The fourth-order valence-corrected chi connectivity index (χ4v) is 3.33. The molecular weight excluding hydrogens is 348 g/mol. The summed E-state index contributed by atoms with van der Waals surface area (Å²) in [5, 5.41) is 3.34. The Bertz CT molecular complexity index is 687. The van der Waals surface area contributed by atoms with Crippen molar-refractivity contribution in [1.29, 1.82) is 0 Å². The molecule has 0 spiro atoms. The SMILES string of the molecule is CCCN(C(=O)COc1ccccc1-c1ccccc1)C1CCNC1.Cl. The summed E-state index contributed by atoms with van der Waals surface area (Å²) in [4.78, 5) is 14.7. The van der Waals surface area contributed by atoms with Gasteiger partial charge in [0, 0.05) is 24.7 Å².